The summed E-state index contributed by atoms with van der Waals surface area (Å²) in [5.74, 6) is -1.05. The number of rotatable bonds is 4. The topological polar surface area (TPSA) is 104 Å². The van der Waals surface area contributed by atoms with E-state index in [0.717, 1.165) is 0 Å². The lowest BCUT2D eigenvalue weighted by molar-refractivity contribution is 0.0697. The van der Waals surface area contributed by atoms with Gasteiger partial charge in [0, 0.05) is 5.69 Å². The van der Waals surface area contributed by atoms with E-state index in [1.165, 1.54) is 36.4 Å². The lowest BCUT2D eigenvalue weighted by Gasteiger charge is -2.10. The number of phenolic OH excluding ortho intramolecular Hbond substituents is 1. The van der Waals surface area contributed by atoms with E-state index in [1.807, 2.05) is 45.2 Å². The van der Waals surface area contributed by atoms with Crippen LogP contribution in [0.4, 0.5) is 5.69 Å². The molecule has 2 rings (SSSR count). The molecule has 0 fully saturated rings. The summed E-state index contributed by atoms with van der Waals surface area (Å²) in [4.78, 5) is 10.8. The minimum absolute atomic E-state index is 0.0152. The first kappa shape index (κ1) is 17.3. The first-order valence-electron chi connectivity index (χ1n) is 5.75. The van der Waals surface area contributed by atoms with Crippen molar-refractivity contribution in [2.45, 2.75) is 4.90 Å². The molecule has 0 aliphatic heterocycles. The zero-order chi connectivity index (χ0) is 16.5. The molecule has 0 radical (unpaired) electrons. The van der Waals surface area contributed by atoms with Gasteiger partial charge in [0.15, 0.2) is 0 Å². The van der Waals surface area contributed by atoms with Gasteiger partial charge in [-0.1, -0.05) is 0 Å². The van der Waals surface area contributed by atoms with Crippen molar-refractivity contribution in [3.05, 3.63) is 49.1 Å². The number of hydrogen-bond acceptors (Lipinski definition) is 4. The highest BCUT2D eigenvalue weighted by Crippen LogP contribution is 2.30. The van der Waals surface area contributed by atoms with Crippen molar-refractivity contribution < 1.29 is 23.4 Å². The molecule has 0 amide bonds. The number of benzene rings is 2. The van der Waals surface area contributed by atoms with Crippen molar-refractivity contribution in [3.8, 4) is 5.75 Å². The highest BCUT2D eigenvalue weighted by molar-refractivity contribution is 14.1. The third kappa shape index (κ3) is 3.81. The molecule has 116 valence electrons. The molecule has 0 aromatic heterocycles. The Morgan fingerprint density at radius 2 is 1.55 bits per heavy atom. The van der Waals surface area contributed by atoms with Gasteiger partial charge in [0.2, 0.25) is 0 Å². The third-order valence-corrected chi connectivity index (χ3v) is 5.69. The fraction of sp³-hybridized carbons (Fsp3) is 0. The zero-order valence-electron chi connectivity index (χ0n) is 10.7. The van der Waals surface area contributed by atoms with Gasteiger partial charge in [0.25, 0.3) is 10.0 Å². The first-order valence-corrected chi connectivity index (χ1v) is 9.39. The predicted molar refractivity (Wildman–Crippen MR) is 97.8 cm³/mol. The van der Waals surface area contributed by atoms with Gasteiger partial charge in [-0.15, -0.1) is 0 Å². The van der Waals surface area contributed by atoms with Crippen LogP contribution in [0.2, 0.25) is 0 Å². The van der Waals surface area contributed by atoms with Crippen LogP contribution in [0.15, 0.2) is 41.3 Å². The molecule has 22 heavy (non-hydrogen) atoms. The molecule has 9 heteroatoms. The molecule has 0 saturated carbocycles. The molecule has 0 unspecified atom stereocenters. The van der Waals surface area contributed by atoms with E-state index in [-0.39, 0.29) is 21.9 Å². The van der Waals surface area contributed by atoms with Gasteiger partial charge in [-0.25, -0.2) is 13.2 Å². The Morgan fingerprint density at radius 3 is 2.00 bits per heavy atom. The van der Waals surface area contributed by atoms with E-state index in [2.05, 4.69) is 4.72 Å². The Kier molecular flexibility index (Phi) is 5.17. The second-order valence-corrected chi connectivity index (χ2v) is 8.23. The molecular formula is C13H9I2NO5S. The van der Waals surface area contributed by atoms with E-state index in [4.69, 9.17) is 5.11 Å². The average molecular weight is 545 g/mol. The number of carboxylic acids is 1. The van der Waals surface area contributed by atoms with Crippen LogP contribution in [0.3, 0.4) is 0 Å². The number of halogens is 2. The van der Waals surface area contributed by atoms with Crippen molar-refractivity contribution >= 4 is 66.9 Å². The molecule has 0 bridgehead atoms. The summed E-state index contributed by atoms with van der Waals surface area (Å²) >= 11 is 3.69. The summed E-state index contributed by atoms with van der Waals surface area (Å²) in [7, 11) is -3.83. The first-order chi connectivity index (χ1) is 10.2. The van der Waals surface area contributed by atoms with Crippen LogP contribution in [0.25, 0.3) is 0 Å². The van der Waals surface area contributed by atoms with Gasteiger partial charge in [0.05, 0.1) is 17.6 Å². The zero-order valence-corrected chi connectivity index (χ0v) is 15.9. The maximum absolute atomic E-state index is 12.3. The van der Waals surface area contributed by atoms with Crippen molar-refractivity contribution in [1.82, 2.24) is 0 Å². The highest BCUT2D eigenvalue weighted by Gasteiger charge is 2.18. The number of carbonyl (C=O) groups is 1. The Morgan fingerprint density at radius 1 is 1.05 bits per heavy atom. The van der Waals surface area contributed by atoms with Crippen LogP contribution < -0.4 is 4.72 Å². The number of carboxylic acid groups (broad SMARTS) is 1. The molecule has 0 aliphatic rings. The molecule has 3 N–H and O–H groups in total. The highest BCUT2D eigenvalue weighted by atomic mass is 127. The van der Waals surface area contributed by atoms with Crippen LogP contribution in [-0.2, 0) is 10.0 Å². The standard InChI is InChI=1S/C13H9I2NO5S/c14-10-5-9(6-11(15)12(10)17)22(20,21)16-8-3-1-7(2-4-8)13(18)19/h1-6,16-17H,(H,18,19). The SMILES string of the molecule is O=C(O)c1ccc(NS(=O)(=O)c2cc(I)c(O)c(I)c2)cc1. The number of aromatic hydroxyl groups is 1. The van der Waals surface area contributed by atoms with Gasteiger partial charge in [-0.3, -0.25) is 4.72 Å². The minimum Gasteiger partial charge on any atom is -0.506 e. The van der Waals surface area contributed by atoms with Crippen LogP contribution in [0, 0.1) is 7.14 Å². The van der Waals surface area contributed by atoms with E-state index >= 15 is 0 Å². The summed E-state index contributed by atoms with van der Waals surface area (Å²) in [6.45, 7) is 0. The average Bonchev–Trinajstić information content (AvgIpc) is 2.44. The van der Waals surface area contributed by atoms with E-state index in [1.54, 1.807) is 0 Å². The number of hydrogen-bond donors (Lipinski definition) is 3. The third-order valence-electron chi connectivity index (χ3n) is 2.68. The van der Waals surface area contributed by atoms with Gasteiger partial charge in [-0.2, -0.15) is 0 Å². The minimum atomic E-state index is -3.83. The normalized spacial score (nSPS) is 11.2. The Labute approximate surface area is 153 Å². The Bertz CT molecular complexity index is 811. The Hall–Kier alpha value is -1.08. The van der Waals surface area contributed by atoms with Gasteiger partial charge in [-0.05, 0) is 81.6 Å². The fourth-order valence-electron chi connectivity index (χ4n) is 1.59. The molecule has 2 aromatic carbocycles. The summed E-state index contributed by atoms with van der Waals surface area (Å²) in [6.07, 6.45) is 0. The predicted octanol–water partition coefficient (Wildman–Crippen LogP) is 3.10. The van der Waals surface area contributed by atoms with E-state index in [0.29, 0.717) is 7.14 Å². The number of nitrogens with one attached hydrogen (secondary N) is 1. The molecule has 0 atom stereocenters. The molecule has 2 aromatic rings. The molecule has 0 heterocycles. The number of anilines is 1. The van der Waals surface area contributed by atoms with Gasteiger partial charge < -0.3 is 10.2 Å². The molecule has 0 aliphatic carbocycles. The largest absolute Gasteiger partial charge is 0.506 e. The second kappa shape index (κ2) is 6.58. The van der Waals surface area contributed by atoms with Crippen LogP contribution in [0.1, 0.15) is 10.4 Å². The maximum atomic E-state index is 12.3. The van der Waals surface area contributed by atoms with Gasteiger partial charge in [0.1, 0.15) is 5.75 Å². The summed E-state index contributed by atoms with van der Waals surface area (Å²) in [5, 5.41) is 18.5. The Balaban J connectivity index is 2.33. The fourth-order valence-corrected chi connectivity index (χ4v) is 4.89. The quantitative estimate of drug-likeness (QED) is 0.513. The smallest absolute Gasteiger partial charge is 0.335 e. The molecule has 0 spiro atoms. The second-order valence-electron chi connectivity index (χ2n) is 4.22. The molecular weight excluding hydrogens is 536 g/mol. The monoisotopic (exact) mass is 545 g/mol. The molecule has 0 saturated heterocycles. The van der Waals surface area contributed by atoms with Crippen LogP contribution in [0.5, 0.6) is 5.75 Å². The van der Waals surface area contributed by atoms with Crippen molar-refractivity contribution in [3.63, 3.8) is 0 Å². The van der Waals surface area contributed by atoms with Crippen molar-refractivity contribution in [2.75, 3.05) is 4.72 Å². The maximum Gasteiger partial charge on any atom is 0.335 e. The lowest BCUT2D eigenvalue weighted by Crippen LogP contribution is -2.13. The van der Waals surface area contributed by atoms with Crippen LogP contribution in [-0.4, -0.2) is 24.6 Å². The van der Waals surface area contributed by atoms with Gasteiger partial charge >= 0.3 is 5.97 Å². The van der Waals surface area contributed by atoms with Crippen molar-refractivity contribution in [1.29, 1.82) is 0 Å². The number of aromatic carboxylic acids is 1. The summed E-state index contributed by atoms with van der Waals surface area (Å²) < 4.78 is 27.9. The van der Waals surface area contributed by atoms with E-state index < -0.39 is 16.0 Å². The lowest BCUT2D eigenvalue weighted by atomic mass is 10.2. The number of sulfonamides is 1. The summed E-state index contributed by atoms with van der Waals surface area (Å²) in [5.41, 5.74) is 0.319. The summed E-state index contributed by atoms with van der Waals surface area (Å²) in [6, 6.07) is 8.07. The number of phenols is 1. The van der Waals surface area contributed by atoms with E-state index in [9.17, 15) is 18.3 Å². The van der Waals surface area contributed by atoms with Crippen LogP contribution >= 0.6 is 45.2 Å². The molecule has 6 nitrogen and oxygen atoms in total. The van der Waals surface area contributed by atoms with Crippen molar-refractivity contribution in [2.24, 2.45) is 0 Å².